The Hall–Kier alpha value is -0.870. The number of unbranched alkanes of at least 4 members (excludes halogenated alkanes) is 3. The molecule has 0 fully saturated rings. The summed E-state index contributed by atoms with van der Waals surface area (Å²) in [6.45, 7) is 3.87. The molecule has 0 saturated heterocycles. The fourth-order valence-electron chi connectivity index (χ4n) is 1.28. The van der Waals surface area contributed by atoms with E-state index in [9.17, 15) is 4.79 Å². The third kappa shape index (κ3) is 15.1. The minimum atomic E-state index is -0.752. The number of aliphatic hydroxyl groups is 2. The minimum absolute atomic E-state index is 0.125. The number of carbonyl (C=O) groups is 1. The van der Waals surface area contributed by atoms with Gasteiger partial charge in [0, 0.05) is 5.57 Å². The van der Waals surface area contributed by atoms with Gasteiger partial charge < -0.3 is 15.3 Å². The highest BCUT2D eigenvalue weighted by molar-refractivity contribution is 5.86. The third-order valence-electron chi connectivity index (χ3n) is 2.12. The van der Waals surface area contributed by atoms with Crippen LogP contribution in [0.15, 0.2) is 11.6 Å². The van der Waals surface area contributed by atoms with Crippen LogP contribution in [0.25, 0.3) is 0 Å². The van der Waals surface area contributed by atoms with Gasteiger partial charge in [-0.1, -0.05) is 39.2 Å². The van der Waals surface area contributed by atoms with Gasteiger partial charge in [0.1, 0.15) is 0 Å². The Morgan fingerprint density at radius 2 is 1.65 bits per heavy atom. The van der Waals surface area contributed by atoms with Gasteiger partial charge in [0.25, 0.3) is 0 Å². The van der Waals surface area contributed by atoms with Gasteiger partial charge in [0.05, 0.1) is 13.2 Å². The van der Waals surface area contributed by atoms with Crippen molar-refractivity contribution >= 4 is 5.97 Å². The van der Waals surface area contributed by atoms with Crippen molar-refractivity contribution in [1.29, 1.82) is 0 Å². The molecule has 0 saturated carbocycles. The molecule has 0 radical (unpaired) electrons. The number of hydrogen-bond acceptors (Lipinski definition) is 3. The molecule has 0 rings (SSSR count). The third-order valence-corrected chi connectivity index (χ3v) is 2.12. The molecule has 0 atom stereocenters. The maximum absolute atomic E-state index is 10.7. The number of rotatable bonds is 8. The minimum Gasteiger partial charge on any atom is -0.478 e. The maximum atomic E-state index is 10.7. The SMILES string of the molecule is CCC=C(CCCCCC)C(=O)O.OCCO. The predicted molar refractivity (Wildman–Crippen MR) is 68.9 cm³/mol. The Bertz CT molecular complexity index is 198. The first-order valence-corrected chi connectivity index (χ1v) is 6.27. The van der Waals surface area contributed by atoms with E-state index >= 15 is 0 Å². The molecule has 0 aromatic carbocycles. The molecule has 102 valence electrons. The molecule has 3 N–H and O–H groups in total. The summed E-state index contributed by atoms with van der Waals surface area (Å²) in [5.41, 5.74) is 0.582. The van der Waals surface area contributed by atoms with Crippen LogP contribution < -0.4 is 0 Å². The molecule has 0 aromatic rings. The Balaban J connectivity index is 0. The highest BCUT2D eigenvalue weighted by Gasteiger charge is 2.04. The molecule has 0 bridgehead atoms. The number of aliphatic carboxylic acids is 1. The van der Waals surface area contributed by atoms with Gasteiger partial charge in [0.15, 0.2) is 0 Å². The molecule has 0 amide bonds. The standard InChI is InChI=1S/C11H20O2.C2H6O2/c1-3-5-6-7-9-10(8-4-2)11(12)13;3-1-2-4/h8H,3-7,9H2,1-2H3,(H,12,13);3-4H,1-2H2. The fourth-order valence-corrected chi connectivity index (χ4v) is 1.28. The van der Waals surface area contributed by atoms with E-state index in [2.05, 4.69) is 6.92 Å². The van der Waals surface area contributed by atoms with Crippen LogP contribution in [0.4, 0.5) is 0 Å². The van der Waals surface area contributed by atoms with Crippen LogP contribution in [0.5, 0.6) is 0 Å². The summed E-state index contributed by atoms with van der Waals surface area (Å²) in [5, 5.41) is 24.0. The van der Waals surface area contributed by atoms with E-state index < -0.39 is 5.97 Å². The van der Waals surface area contributed by atoms with Crippen molar-refractivity contribution in [3.05, 3.63) is 11.6 Å². The monoisotopic (exact) mass is 246 g/mol. The maximum Gasteiger partial charge on any atom is 0.331 e. The van der Waals surface area contributed by atoms with E-state index in [0.717, 1.165) is 25.7 Å². The van der Waals surface area contributed by atoms with Gasteiger partial charge in [-0.25, -0.2) is 4.79 Å². The smallest absolute Gasteiger partial charge is 0.331 e. The Kier molecular flexibility index (Phi) is 16.5. The summed E-state index contributed by atoms with van der Waals surface area (Å²) < 4.78 is 0. The summed E-state index contributed by atoms with van der Waals surface area (Å²) in [6.07, 6.45) is 7.91. The molecule has 0 spiro atoms. The summed E-state index contributed by atoms with van der Waals surface area (Å²) in [4.78, 5) is 10.7. The number of carboxylic acid groups (broad SMARTS) is 1. The lowest BCUT2D eigenvalue weighted by Gasteiger charge is -2.01. The Morgan fingerprint density at radius 1 is 1.06 bits per heavy atom. The van der Waals surface area contributed by atoms with Crippen molar-refractivity contribution in [3.63, 3.8) is 0 Å². The van der Waals surface area contributed by atoms with Gasteiger partial charge in [0.2, 0.25) is 0 Å². The van der Waals surface area contributed by atoms with Gasteiger partial charge in [-0.05, 0) is 19.3 Å². The second-order valence-corrected chi connectivity index (χ2v) is 3.70. The van der Waals surface area contributed by atoms with Crippen LogP contribution in [0.1, 0.15) is 52.4 Å². The first-order valence-electron chi connectivity index (χ1n) is 6.27. The quantitative estimate of drug-likeness (QED) is 0.454. The normalized spacial score (nSPS) is 10.7. The summed E-state index contributed by atoms with van der Waals surface area (Å²) in [5.74, 6) is -0.752. The lowest BCUT2D eigenvalue weighted by Crippen LogP contribution is -2.00. The van der Waals surface area contributed by atoms with E-state index in [1.165, 1.54) is 12.8 Å². The van der Waals surface area contributed by atoms with Crippen LogP contribution in [0.2, 0.25) is 0 Å². The van der Waals surface area contributed by atoms with E-state index in [1.54, 1.807) is 0 Å². The Morgan fingerprint density at radius 3 is 2.00 bits per heavy atom. The largest absolute Gasteiger partial charge is 0.478 e. The zero-order valence-electron chi connectivity index (χ0n) is 11.0. The first-order chi connectivity index (χ1) is 8.13. The Labute approximate surface area is 104 Å². The number of allylic oxidation sites excluding steroid dienone is 1. The van der Waals surface area contributed by atoms with Crippen LogP contribution in [-0.4, -0.2) is 34.5 Å². The topological polar surface area (TPSA) is 77.8 Å². The molecule has 17 heavy (non-hydrogen) atoms. The van der Waals surface area contributed by atoms with Crippen molar-refractivity contribution in [2.24, 2.45) is 0 Å². The molecule has 0 aromatic heterocycles. The molecule has 0 heterocycles. The van der Waals surface area contributed by atoms with Crippen LogP contribution >= 0.6 is 0 Å². The molecular formula is C13H26O4. The van der Waals surface area contributed by atoms with Gasteiger partial charge >= 0.3 is 5.97 Å². The molecule has 0 aliphatic heterocycles. The van der Waals surface area contributed by atoms with E-state index in [0.29, 0.717) is 5.57 Å². The van der Waals surface area contributed by atoms with Crippen molar-refractivity contribution in [2.75, 3.05) is 13.2 Å². The van der Waals surface area contributed by atoms with E-state index in [4.69, 9.17) is 15.3 Å². The second kappa shape index (κ2) is 15.1. The van der Waals surface area contributed by atoms with Crippen molar-refractivity contribution in [1.82, 2.24) is 0 Å². The van der Waals surface area contributed by atoms with Gasteiger partial charge in [-0.3, -0.25) is 0 Å². The van der Waals surface area contributed by atoms with Crippen molar-refractivity contribution < 1.29 is 20.1 Å². The van der Waals surface area contributed by atoms with Crippen molar-refractivity contribution in [3.8, 4) is 0 Å². The summed E-state index contributed by atoms with van der Waals surface area (Å²) in [6, 6.07) is 0. The fraction of sp³-hybridized carbons (Fsp3) is 0.769. The van der Waals surface area contributed by atoms with Gasteiger partial charge in [-0.2, -0.15) is 0 Å². The lowest BCUT2D eigenvalue weighted by molar-refractivity contribution is -0.132. The first kappa shape index (κ1) is 18.5. The zero-order valence-corrected chi connectivity index (χ0v) is 11.0. The highest BCUT2D eigenvalue weighted by atomic mass is 16.4. The molecule has 0 aliphatic rings. The molecule has 0 aliphatic carbocycles. The average Bonchev–Trinajstić information content (AvgIpc) is 2.33. The predicted octanol–water partition coefficient (Wildman–Crippen LogP) is 2.35. The van der Waals surface area contributed by atoms with Crippen LogP contribution in [0, 0.1) is 0 Å². The van der Waals surface area contributed by atoms with Crippen LogP contribution in [-0.2, 0) is 4.79 Å². The molecule has 4 nitrogen and oxygen atoms in total. The highest BCUT2D eigenvalue weighted by Crippen LogP contribution is 2.10. The van der Waals surface area contributed by atoms with E-state index in [1.807, 2.05) is 13.0 Å². The molecule has 4 heteroatoms. The molecular weight excluding hydrogens is 220 g/mol. The molecule has 0 unspecified atom stereocenters. The van der Waals surface area contributed by atoms with Crippen molar-refractivity contribution in [2.45, 2.75) is 52.4 Å². The lowest BCUT2D eigenvalue weighted by atomic mass is 10.1. The average molecular weight is 246 g/mol. The number of aliphatic hydroxyl groups excluding tert-OH is 2. The van der Waals surface area contributed by atoms with Gasteiger partial charge in [-0.15, -0.1) is 0 Å². The van der Waals surface area contributed by atoms with Crippen LogP contribution in [0.3, 0.4) is 0 Å². The summed E-state index contributed by atoms with van der Waals surface area (Å²) >= 11 is 0. The summed E-state index contributed by atoms with van der Waals surface area (Å²) in [7, 11) is 0. The second-order valence-electron chi connectivity index (χ2n) is 3.70. The number of hydrogen-bond donors (Lipinski definition) is 3. The zero-order chi connectivity index (χ0) is 13.5. The number of carboxylic acids is 1. The van der Waals surface area contributed by atoms with E-state index in [-0.39, 0.29) is 13.2 Å².